The zero-order valence-electron chi connectivity index (χ0n) is 9.18. The molecule has 2 saturated heterocycles. The third-order valence-electron chi connectivity index (χ3n) is 3.54. The first-order chi connectivity index (χ1) is 6.57. The Labute approximate surface area is 98.6 Å². The highest BCUT2D eigenvalue weighted by molar-refractivity contribution is 7.91. The number of sulfone groups is 1. The first-order valence-electron chi connectivity index (χ1n) is 5.51. The zero-order valence-corrected chi connectivity index (χ0v) is 10.8. The molecule has 0 aromatic heterocycles. The molecule has 2 aliphatic rings. The van der Waals surface area contributed by atoms with Crippen molar-refractivity contribution in [3.8, 4) is 0 Å². The lowest BCUT2D eigenvalue weighted by atomic mass is 9.98. The molecule has 0 aliphatic carbocycles. The van der Waals surface area contributed by atoms with Gasteiger partial charge in [-0.15, -0.1) is 12.4 Å². The second kappa shape index (κ2) is 5.02. The molecule has 0 N–H and O–H groups in total. The van der Waals surface area contributed by atoms with E-state index in [2.05, 4.69) is 11.8 Å². The van der Waals surface area contributed by atoms with Gasteiger partial charge in [-0.05, 0) is 38.3 Å². The quantitative estimate of drug-likeness (QED) is 0.708. The molecule has 0 aromatic carbocycles. The van der Waals surface area contributed by atoms with E-state index in [1.165, 1.54) is 12.8 Å². The molecule has 2 aliphatic heterocycles. The van der Waals surface area contributed by atoms with Gasteiger partial charge in [0.25, 0.3) is 0 Å². The van der Waals surface area contributed by atoms with E-state index < -0.39 is 9.84 Å². The molecule has 0 amide bonds. The molecule has 0 spiro atoms. The van der Waals surface area contributed by atoms with Gasteiger partial charge in [0.05, 0.1) is 11.5 Å². The van der Waals surface area contributed by atoms with Gasteiger partial charge >= 0.3 is 0 Å². The Balaban J connectivity index is 0.00000112. The summed E-state index contributed by atoms with van der Waals surface area (Å²) in [6, 6.07) is 0.326. The van der Waals surface area contributed by atoms with Crippen molar-refractivity contribution in [2.45, 2.75) is 32.2 Å². The summed E-state index contributed by atoms with van der Waals surface area (Å²) in [5.41, 5.74) is 0. The fourth-order valence-electron chi connectivity index (χ4n) is 2.46. The molecular formula is C10H20ClNO2S. The molecule has 2 rings (SSSR count). The number of likely N-dealkylation sites (tertiary alicyclic amines) is 1. The predicted molar refractivity (Wildman–Crippen MR) is 64.3 cm³/mol. The number of nitrogens with zero attached hydrogens (tertiary/aromatic N) is 1. The summed E-state index contributed by atoms with van der Waals surface area (Å²) in [6.45, 7) is 4.48. The smallest absolute Gasteiger partial charge is 0.151 e. The van der Waals surface area contributed by atoms with Crippen LogP contribution in [0.3, 0.4) is 0 Å². The van der Waals surface area contributed by atoms with Crippen molar-refractivity contribution in [3.63, 3.8) is 0 Å². The number of rotatable bonds is 1. The van der Waals surface area contributed by atoms with Crippen LogP contribution < -0.4 is 0 Å². The summed E-state index contributed by atoms with van der Waals surface area (Å²) in [7, 11) is -2.70. The van der Waals surface area contributed by atoms with Crippen LogP contribution >= 0.6 is 12.4 Å². The van der Waals surface area contributed by atoms with Crippen LogP contribution in [0.2, 0.25) is 0 Å². The average Bonchev–Trinajstić information content (AvgIpc) is 2.47. The van der Waals surface area contributed by atoms with Crippen LogP contribution in [0.25, 0.3) is 0 Å². The van der Waals surface area contributed by atoms with E-state index in [9.17, 15) is 8.42 Å². The second-order valence-corrected chi connectivity index (χ2v) is 7.00. The number of halogens is 1. The van der Waals surface area contributed by atoms with Gasteiger partial charge in [0.2, 0.25) is 0 Å². The molecule has 0 bridgehead atoms. The molecule has 2 fully saturated rings. The topological polar surface area (TPSA) is 37.4 Å². The fourth-order valence-corrected chi connectivity index (χ4v) is 4.22. The number of hydrogen-bond acceptors (Lipinski definition) is 3. The van der Waals surface area contributed by atoms with Crippen molar-refractivity contribution < 1.29 is 8.42 Å². The molecule has 1 unspecified atom stereocenters. The first kappa shape index (κ1) is 13.3. The van der Waals surface area contributed by atoms with Crippen molar-refractivity contribution >= 4 is 22.2 Å². The summed E-state index contributed by atoms with van der Waals surface area (Å²) in [5.74, 6) is 1.63. The molecule has 0 radical (unpaired) electrons. The van der Waals surface area contributed by atoms with Crippen LogP contribution in [-0.4, -0.2) is 44.0 Å². The van der Waals surface area contributed by atoms with Crippen LogP contribution in [0.5, 0.6) is 0 Å². The van der Waals surface area contributed by atoms with Gasteiger partial charge in [0, 0.05) is 6.04 Å². The highest BCUT2D eigenvalue weighted by atomic mass is 35.5. The van der Waals surface area contributed by atoms with Crippen molar-refractivity contribution in [1.29, 1.82) is 0 Å². The van der Waals surface area contributed by atoms with Crippen LogP contribution in [-0.2, 0) is 9.84 Å². The van der Waals surface area contributed by atoms with Gasteiger partial charge in [-0.3, -0.25) is 4.90 Å². The highest BCUT2D eigenvalue weighted by Gasteiger charge is 2.33. The van der Waals surface area contributed by atoms with Crippen molar-refractivity contribution in [1.82, 2.24) is 4.90 Å². The van der Waals surface area contributed by atoms with E-state index in [1.807, 2.05) is 0 Å². The molecular weight excluding hydrogens is 234 g/mol. The third-order valence-corrected chi connectivity index (χ3v) is 5.29. The minimum Gasteiger partial charge on any atom is -0.299 e. The number of piperidine rings is 1. The molecule has 5 heteroatoms. The lowest BCUT2D eigenvalue weighted by molar-refractivity contribution is 0.149. The first-order valence-corrected chi connectivity index (χ1v) is 7.33. The Morgan fingerprint density at radius 2 is 1.73 bits per heavy atom. The van der Waals surface area contributed by atoms with E-state index in [0.717, 1.165) is 25.4 Å². The summed E-state index contributed by atoms with van der Waals surface area (Å²) < 4.78 is 22.6. The molecule has 0 aromatic rings. The maximum atomic E-state index is 11.3. The highest BCUT2D eigenvalue weighted by Crippen LogP contribution is 2.23. The molecule has 90 valence electrons. The van der Waals surface area contributed by atoms with Crippen molar-refractivity contribution in [3.05, 3.63) is 0 Å². The molecule has 0 saturated carbocycles. The number of hydrogen-bond donors (Lipinski definition) is 0. The van der Waals surface area contributed by atoms with Crippen LogP contribution in [0.15, 0.2) is 0 Å². The minimum absolute atomic E-state index is 0. The lowest BCUT2D eigenvalue weighted by Crippen LogP contribution is -2.41. The summed E-state index contributed by atoms with van der Waals surface area (Å²) in [6.07, 6.45) is 3.32. The van der Waals surface area contributed by atoms with Gasteiger partial charge < -0.3 is 0 Å². The molecule has 15 heavy (non-hydrogen) atoms. The Kier molecular flexibility index (Phi) is 4.44. The Bertz CT molecular complexity index is 297. The minimum atomic E-state index is -2.70. The largest absolute Gasteiger partial charge is 0.299 e. The van der Waals surface area contributed by atoms with Crippen LogP contribution in [0, 0.1) is 5.92 Å². The van der Waals surface area contributed by atoms with Gasteiger partial charge in [-0.2, -0.15) is 0 Å². The van der Waals surface area contributed by atoms with Gasteiger partial charge in [0.1, 0.15) is 0 Å². The zero-order chi connectivity index (χ0) is 10.2. The van der Waals surface area contributed by atoms with Crippen LogP contribution in [0.1, 0.15) is 26.2 Å². The van der Waals surface area contributed by atoms with E-state index >= 15 is 0 Å². The lowest BCUT2D eigenvalue weighted by Gasteiger charge is -2.34. The normalized spacial score (nSPS) is 32.5. The summed E-state index contributed by atoms with van der Waals surface area (Å²) >= 11 is 0. The summed E-state index contributed by atoms with van der Waals surface area (Å²) in [5, 5.41) is 0. The van der Waals surface area contributed by atoms with Gasteiger partial charge in [0.15, 0.2) is 9.84 Å². The van der Waals surface area contributed by atoms with Crippen molar-refractivity contribution in [2.75, 3.05) is 24.6 Å². The standard InChI is InChI=1S/C10H19NO2S.ClH/c1-9-2-5-11(6-3-9)10-4-7-14(12,13)8-10;/h9-10H,2-8H2,1H3;1H. The summed E-state index contributed by atoms with van der Waals surface area (Å²) in [4.78, 5) is 2.38. The maximum Gasteiger partial charge on any atom is 0.151 e. The van der Waals surface area contributed by atoms with E-state index in [4.69, 9.17) is 0 Å². The Morgan fingerprint density at radius 1 is 1.13 bits per heavy atom. The SMILES string of the molecule is CC1CCN(C2CCS(=O)(=O)C2)CC1.Cl. The Hall–Kier alpha value is 0.200. The van der Waals surface area contributed by atoms with E-state index in [1.54, 1.807) is 0 Å². The maximum absolute atomic E-state index is 11.3. The fraction of sp³-hybridized carbons (Fsp3) is 1.00. The molecule has 3 nitrogen and oxygen atoms in total. The van der Waals surface area contributed by atoms with E-state index in [0.29, 0.717) is 17.5 Å². The van der Waals surface area contributed by atoms with Gasteiger partial charge in [-0.25, -0.2) is 8.42 Å². The van der Waals surface area contributed by atoms with Crippen LogP contribution in [0.4, 0.5) is 0 Å². The third kappa shape index (κ3) is 3.33. The Morgan fingerprint density at radius 3 is 2.20 bits per heavy atom. The predicted octanol–water partition coefficient (Wildman–Crippen LogP) is 1.33. The van der Waals surface area contributed by atoms with Gasteiger partial charge in [-0.1, -0.05) is 6.92 Å². The van der Waals surface area contributed by atoms with E-state index in [-0.39, 0.29) is 12.4 Å². The van der Waals surface area contributed by atoms with Crippen molar-refractivity contribution in [2.24, 2.45) is 5.92 Å². The molecule has 1 atom stereocenters. The average molecular weight is 254 g/mol. The molecule has 2 heterocycles. The second-order valence-electron chi connectivity index (χ2n) is 4.78. The monoisotopic (exact) mass is 253 g/mol.